The molecule has 1 amide bonds. The van der Waals surface area contributed by atoms with Crippen LogP contribution in [0.3, 0.4) is 0 Å². The van der Waals surface area contributed by atoms with E-state index in [0.717, 1.165) is 17.5 Å². The maximum atomic E-state index is 12.8. The molecule has 9 nitrogen and oxygen atoms in total. The van der Waals surface area contributed by atoms with Gasteiger partial charge < -0.3 is 14.5 Å². The molecule has 4 rings (SSSR count). The second kappa shape index (κ2) is 8.32. The summed E-state index contributed by atoms with van der Waals surface area (Å²) in [4.78, 5) is 32.4. The summed E-state index contributed by atoms with van der Waals surface area (Å²) in [6.45, 7) is 4.42. The van der Waals surface area contributed by atoms with E-state index in [1.165, 1.54) is 7.11 Å². The Balaban J connectivity index is 1.37. The lowest BCUT2D eigenvalue weighted by atomic mass is 10.1. The lowest BCUT2D eigenvalue weighted by molar-refractivity contribution is 0.0599. The number of hydrogen-bond acceptors (Lipinski definition) is 7. The molecule has 0 aliphatic carbocycles. The Morgan fingerprint density at radius 3 is 2.10 bits per heavy atom. The van der Waals surface area contributed by atoms with Crippen molar-refractivity contribution in [1.82, 2.24) is 24.6 Å². The Morgan fingerprint density at radius 1 is 0.900 bits per heavy atom. The third kappa shape index (κ3) is 3.86. The molecule has 154 valence electrons. The number of anilines is 1. The van der Waals surface area contributed by atoms with Crippen LogP contribution in [-0.2, 0) is 4.74 Å². The van der Waals surface area contributed by atoms with E-state index < -0.39 is 5.97 Å². The first-order chi connectivity index (χ1) is 14.6. The molecule has 3 aromatic rings. The van der Waals surface area contributed by atoms with Crippen LogP contribution in [0.4, 0.5) is 5.82 Å². The SMILES string of the molecule is COC(=O)c1ccc(C(=O)N2CCN(c3ccc(-n4ccnc4C)nn3)CC2)cc1. The first-order valence-corrected chi connectivity index (χ1v) is 9.63. The van der Waals surface area contributed by atoms with Gasteiger partial charge in [0.15, 0.2) is 11.6 Å². The lowest BCUT2D eigenvalue weighted by Crippen LogP contribution is -2.49. The molecule has 0 atom stereocenters. The molecule has 0 radical (unpaired) electrons. The standard InChI is InChI=1S/C21H22N6O3/c1-15-22-9-10-27(15)19-8-7-18(23-24-19)25-11-13-26(14-12-25)20(28)16-3-5-17(6-4-16)21(29)30-2/h3-10H,11-14H2,1-2H3. The highest BCUT2D eigenvalue weighted by Gasteiger charge is 2.23. The number of methoxy groups -OCH3 is 1. The van der Waals surface area contributed by atoms with E-state index in [9.17, 15) is 9.59 Å². The van der Waals surface area contributed by atoms with Crippen molar-refractivity contribution in [3.05, 3.63) is 65.7 Å². The van der Waals surface area contributed by atoms with Gasteiger partial charge in [0.2, 0.25) is 0 Å². The number of amides is 1. The van der Waals surface area contributed by atoms with Gasteiger partial charge >= 0.3 is 5.97 Å². The summed E-state index contributed by atoms with van der Waals surface area (Å²) < 4.78 is 6.56. The summed E-state index contributed by atoms with van der Waals surface area (Å²) in [5, 5.41) is 8.64. The lowest BCUT2D eigenvalue weighted by Gasteiger charge is -2.35. The Morgan fingerprint density at radius 2 is 1.53 bits per heavy atom. The van der Waals surface area contributed by atoms with Crippen LogP contribution >= 0.6 is 0 Å². The van der Waals surface area contributed by atoms with Gasteiger partial charge in [-0.1, -0.05) is 0 Å². The molecule has 3 heterocycles. The summed E-state index contributed by atoms with van der Waals surface area (Å²) in [5.41, 5.74) is 0.975. The zero-order chi connectivity index (χ0) is 21.1. The van der Waals surface area contributed by atoms with E-state index in [2.05, 4.69) is 24.8 Å². The van der Waals surface area contributed by atoms with Crippen LogP contribution in [0.1, 0.15) is 26.5 Å². The van der Waals surface area contributed by atoms with Gasteiger partial charge in [-0.3, -0.25) is 9.36 Å². The molecule has 1 aromatic carbocycles. The normalized spacial score (nSPS) is 13.9. The van der Waals surface area contributed by atoms with Crippen molar-refractivity contribution in [3.8, 4) is 5.82 Å². The van der Waals surface area contributed by atoms with E-state index in [4.69, 9.17) is 0 Å². The van der Waals surface area contributed by atoms with Crippen LogP contribution in [0, 0.1) is 6.92 Å². The van der Waals surface area contributed by atoms with Crippen LogP contribution < -0.4 is 4.90 Å². The monoisotopic (exact) mass is 406 g/mol. The van der Waals surface area contributed by atoms with E-state index >= 15 is 0 Å². The number of esters is 1. The van der Waals surface area contributed by atoms with E-state index in [0.29, 0.717) is 37.3 Å². The molecule has 2 aromatic heterocycles. The fourth-order valence-corrected chi connectivity index (χ4v) is 3.42. The quantitative estimate of drug-likeness (QED) is 0.609. The minimum absolute atomic E-state index is 0.0527. The number of carbonyl (C=O) groups is 2. The fraction of sp³-hybridized carbons (Fsp3) is 0.286. The number of hydrogen-bond donors (Lipinski definition) is 0. The first-order valence-electron chi connectivity index (χ1n) is 9.63. The average molecular weight is 406 g/mol. The minimum Gasteiger partial charge on any atom is -0.465 e. The molecule has 0 spiro atoms. The molecule has 1 aliphatic rings. The van der Waals surface area contributed by atoms with Crippen LogP contribution in [0.5, 0.6) is 0 Å². The maximum absolute atomic E-state index is 12.8. The molecule has 1 aliphatic heterocycles. The molecule has 0 bridgehead atoms. The largest absolute Gasteiger partial charge is 0.465 e. The minimum atomic E-state index is -0.419. The summed E-state index contributed by atoms with van der Waals surface area (Å²) in [7, 11) is 1.33. The number of rotatable bonds is 4. The third-order valence-corrected chi connectivity index (χ3v) is 5.15. The van der Waals surface area contributed by atoms with Gasteiger partial charge in [0.05, 0.1) is 12.7 Å². The molecule has 1 fully saturated rings. The zero-order valence-corrected chi connectivity index (χ0v) is 16.9. The average Bonchev–Trinajstić information content (AvgIpc) is 3.24. The maximum Gasteiger partial charge on any atom is 0.337 e. The summed E-state index contributed by atoms with van der Waals surface area (Å²) >= 11 is 0. The smallest absolute Gasteiger partial charge is 0.337 e. The van der Waals surface area contributed by atoms with Crippen molar-refractivity contribution in [1.29, 1.82) is 0 Å². The molecule has 0 unspecified atom stereocenters. The predicted molar refractivity (Wildman–Crippen MR) is 110 cm³/mol. The number of piperazine rings is 1. The molecule has 0 N–H and O–H groups in total. The highest BCUT2D eigenvalue weighted by Crippen LogP contribution is 2.17. The van der Waals surface area contributed by atoms with Crippen molar-refractivity contribution in [2.24, 2.45) is 0 Å². The fourth-order valence-electron chi connectivity index (χ4n) is 3.42. The van der Waals surface area contributed by atoms with Gasteiger partial charge in [0.25, 0.3) is 5.91 Å². The van der Waals surface area contributed by atoms with Gasteiger partial charge in [0, 0.05) is 44.1 Å². The Kier molecular flexibility index (Phi) is 5.42. The first kappa shape index (κ1) is 19.6. The predicted octanol–water partition coefficient (Wildman–Crippen LogP) is 1.72. The highest BCUT2D eigenvalue weighted by molar-refractivity contribution is 5.96. The van der Waals surface area contributed by atoms with E-state index in [-0.39, 0.29) is 5.91 Å². The summed E-state index contributed by atoms with van der Waals surface area (Å²) in [6.07, 6.45) is 3.57. The van der Waals surface area contributed by atoms with Crippen LogP contribution in [-0.4, -0.2) is 69.8 Å². The number of benzene rings is 1. The van der Waals surface area contributed by atoms with E-state index in [1.54, 1.807) is 35.4 Å². The van der Waals surface area contributed by atoms with E-state index in [1.807, 2.05) is 29.8 Å². The third-order valence-electron chi connectivity index (χ3n) is 5.15. The van der Waals surface area contributed by atoms with Crippen molar-refractivity contribution in [2.75, 3.05) is 38.2 Å². The molecular weight excluding hydrogens is 384 g/mol. The van der Waals surface area contributed by atoms with Crippen LogP contribution in [0.25, 0.3) is 5.82 Å². The second-order valence-corrected chi connectivity index (χ2v) is 6.94. The summed E-state index contributed by atoms with van der Waals surface area (Å²) in [6, 6.07) is 10.4. The van der Waals surface area contributed by atoms with Crippen LogP contribution in [0.15, 0.2) is 48.8 Å². The van der Waals surface area contributed by atoms with Crippen molar-refractivity contribution in [3.63, 3.8) is 0 Å². The Labute approximate surface area is 173 Å². The van der Waals surface area contributed by atoms with Crippen molar-refractivity contribution < 1.29 is 14.3 Å². The van der Waals surface area contributed by atoms with Gasteiger partial charge in [-0.25, -0.2) is 9.78 Å². The topological polar surface area (TPSA) is 93.5 Å². The number of carbonyl (C=O) groups excluding carboxylic acids is 2. The highest BCUT2D eigenvalue weighted by atomic mass is 16.5. The number of ether oxygens (including phenoxy) is 1. The van der Waals surface area contributed by atoms with Gasteiger partial charge in [-0.15, -0.1) is 10.2 Å². The second-order valence-electron chi connectivity index (χ2n) is 6.94. The molecule has 30 heavy (non-hydrogen) atoms. The van der Waals surface area contributed by atoms with Crippen molar-refractivity contribution in [2.45, 2.75) is 6.92 Å². The molecule has 0 saturated carbocycles. The molecule has 1 saturated heterocycles. The van der Waals surface area contributed by atoms with Gasteiger partial charge in [-0.05, 0) is 43.3 Å². The number of aryl methyl sites for hydroxylation is 1. The van der Waals surface area contributed by atoms with Crippen molar-refractivity contribution >= 4 is 17.7 Å². The van der Waals surface area contributed by atoms with Gasteiger partial charge in [0.1, 0.15) is 5.82 Å². The number of imidazole rings is 1. The number of nitrogens with zero attached hydrogens (tertiary/aromatic N) is 6. The number of aromatic nitrogens is 4. The van der Waals surface area contributed by atoms with Gasteiger partial charge in [-0.2, -0.15) is 0 Å². The molecular formula is C21H22N6O3. The summed E-state index contributed by atoms with van der Waals surface area (Å²) in [5.74, 6) is 1.88. The Bertz CT molecular complexity index is 1040. The Hall–Kier alpha value is -3.75. The zero-order valence-electron chi connectivity index (χ0n) is 16.9. The molecule has 9 heteroatoms. The van der Waals surface area contributed by atoms with Crippen LogP contribution in [0.2, 0.25) is 0 Å².